The molecule has 2 atom stereocenters. The van der Waals surface area contributed by atoms with Crippen molar-refractivity contribution in [3.05, 3.63) is 47.2 Å². The largest absolute Gasteiger partial charge is 0.477 e. The van der Waals surface area contributed by atoms with E-state index in [1.165, 1.54) is 0 Å². The summed E-state index contributed by atoms with van der Waals surface area (Å²) in [4.78, 5) is 28.8. The molecule has 0 saturated carbocycles. The molecular formula is C36H44Cl2N14O6. The first kappa shape index (κ1) is 38.7. The molecule has 0 unspecified atom stereocenters. The fraction of sp³-hybridized carbons (Fsp3) is 0.500. The molecule has 10 rings (SSSR count). The Morgan fingerprint density at radius 2 is 1.14 bits per heavy atom. The Balaban J connectivity index is 0.000000150. The van der Waals surface area contributed by atoms with Crippen molar-refractivity contribution in [3.63, 3.8) is 0 Å². The molecule has 4 aliphatic heterocycles. The van der Waals surface area contributed by atoms with Crippen LogP contribution in [0.5, 0.6) is 11.8 Å². The van der Waals surface area contributed by atoms with Crippen LogP contribution in [0.15, 0.2) is 36.9 Å². The Morgan fingerprint density at radius 1 is 0.690 bits per heavy atom. The van der Waals surface area contributed by atoms with E-state index in [-0.39, 0.29) is 12.5 Å². The minimum Gasteiger partial charge on any atom is -0.477 e. The first-order valence-electron chi connectivity index (χ1n) is 19.3. The van der Waals surface area contributed by atoms with Crippen LogP contribution in [-0.2, 0) is 18.9 Å². The van der Waals surface area contributed by atoms with Gasteiger partial charge in [0.05, 0.1) is 99.5 Å². The molecule has 0 radical (unpaired) electrons. The molecule has 4 fully saturated rings. The van der Waals surface area contributed by atoms with Gasteiger partial charge in [0.25, 0.3) is 0 Å². The van der Waals surface area contributed by atoms with E-state index >= 15 is 0 Å². The van der Waals surface area contributed by atoms with Crippen LogP contribution in [0.25, 0.3) is 22.1 Å². The Morgan fingerprint density at radius 3 is 1.53 bits per heavy atom. The summed E-state index contributed by atoms with van der Waals surface area (Å²) in [5, 5.41) is 17.7. The monoisotopic (exact) mass is 838 g/mol. The number of hydrogen-bond donors (Lipinski definition) is 4. The summed E-state index contributed by atoms with van der Waals surface area (Å²) in [6.45, 7) is 12.4. The Kier molecular flexibility index (Phi) is 11.5. The zero-order valence-electron chi connectivity index (χ0n) is 31.9. The number of anilines is 4. The van der Waals surface area contributed by atoms with Crippen LogP contribution in [0, 0.1) is 0 Å². The second kappa shape index (κ2) is 17.2. The lowest BCUT2D eigenvalue weighted by Gasteiger charge is -2.41. The van der Waals surface area contributed by atoms with Crippen molar-refractivity contribution < 1.29 is 28.4 Å². The van der Waals surface area contributed by atoms with E-state index in [2.05, 4.69) is 60.5 Å². The number of nitrogens with zero attached hydrogens (tertiary/aromatic N) is 10. The molecule has 0 aromatic carbocycles. The molecule has 6 aromatic heterocycles. The number of aromatic amines is 2. The number of fused-ring (bicyclic) bond motifs is 2. The zero-order valence-corrected chi connectivity index (χ0v) is 33.4. The minimum absolute atomic E-state index is 0.252. The number of nitrogens with one attached hydrogen (secondary N) is 4. The predicted octanol–water partition coefficient (Wildman–Crippen LogP) is 4.36. The van der Waals surface area contributed by atoms with E-state index in [0.29, 0.717) is 108 Å². The third kappa shape index (κ3) is 7.97. The maximum Gasteiger partial charge on any atom is 0.232 e. The van der Waals surface area contributed by atoms with E-state index in [1.807, 2.05) is 26.0 Å². The van der Waals surface area contributed by atoms with Crippen LogP contribution in [0.2, 0.25) is 10.3 Å². The predicted molar refractivity (Wildman–Crippen MR) is 213 cm³/mol. The summed E-state index contributed by atoms with van der Waals surface area (Å²) in [6.07, 6.45) is 6.40. The average molecular weight is 840 g/mol. The minimum atomic E-state index is -0.252. The van der Waals surface area contributed by atoms with Crippen molar-refractivity contribution in [2.75, 3.05) is 89.7 Å². The fourth-order valence-corrected chi connectivity index (χ4v) is 7.56. The van der Waals surface area contributed by atoms with Crippen LogP contribution < -0.4 is 20.1 Å². The Labute approximate surface area is 342 Å². The van der Waals surface area contributed by atoms with Crippen molar-refractivity contribution in [3.8, 4) is 11.8 Å². The Bertz CT molecular complexity index is 2170. The van der Waals surface area contributed by atoms with E-state index in [0.717, 1.165) is 50.3 Å². The second-order valence-electron chi connectivity index (χ2n) is 13.9. The van der Waals surface area contributed by atoms with Crippen molar-refractivity contribution in [2.45, 2.75) is 38.4 Å². The first-order chi connectivity index (χ1) is 28.4. The molecule has 22 heteroatoms. The smallest absolute Gasteiger partial charge is 0.232 e. The van der Waals surface area contributed by atoms with Crippen LogP contribution in [0.3, 0.4) is 0 Å². The second-order valence-corrected chi connectivity index (χ2v) is 14.6. The summed E-state index contributed by atoms with van der Waals surface area (Å²) in [5.74, 6) is 1.78. The fourth-order valence-electron chi connectivity index (χ4n) is 7.06. The third-order valence-corrected chi connectivity index (χ3v) is 11.0. The molecule has 58 heavy (non-hydrogen) atoms. The zero-order chi connectivity index (χ0) is 39.6. The number of aromatic nitrogens is 10. The van der Waals surface area contributed by atoms with E-state index in [9.17, 15) is 0 Å². The van der Waals surface area contributed by atoms with Gasteiger partial charge in [0.15, 0.2) is 22.8 Å². The van der Waals surface area contributed by atoms with Gasteiger partial charge in [0.2, 0.25) is 23.7 Å². The molecule has 4 aliphatic rings. The molecule has 20 nitrogen and oxygen atoms in total. The van der Waals surface area contributed by atoms with Crippen molar-refractivity contribution in [1.82, 2.24) is 59.3 Å². The molecule has 308 valence electrons. The summed E-state index contributed by atoms with van der Waals surface area (Å²) in [5.41, 5.74) is 2.58. The van der Waals surface area contributed by atoms with Crippen LogP contribution in [0.1, 0.15) is 26.3 Å². The highest BCUT2D eigenvalue weighted by atomic mass is 35.5. The van der Waals surface area contributed by atoms with E-state index in [4.69, 9.17) is 51.6 Å². The molecule has 10 heterocycles. The number of rotatable bonds is 12. The number of morpholine rings is 2. The molecule has 0 spiro atoms. The first-order valence-corrected chi connectivity index (χ1v) is 20.0. The van der Waals surface area contributed by atoms with Gasteiger partial charge >= 0.3 is 0 Å². The van der Waals surface area contributed by atoms with Gasteiger partial charge in [-0.05, 0) is 26.0 Å². The van der Waals surface area contributed by atoms with Gasteiger partial charge in [-0.3, -0.25) is 9.80 Å². The Hall–Kier alpha value is -4.80. The summed E-state index contributed by atoms with van der Waals surface area (Å²) >= 11 is 13.2. The summed E-state index contributed by atoms with van der Waals surface area (Å²) < 4.78 is 37.1. The molecule has 0 aliphatic carbocycles. The quantitative estimate of drug-likeness (QED) is 0.135. The number of ether oxygens (including phenoxy) is 6. The van der Waals surface area contributed by atoms with Crippen LogP contribution in [0.4, 0.5) is 23.3 Å². The van der Waals surface area contributed by atoms with E-state index in [1.54, 1.807) is 34.2 Å². The van der Waals surface area contributed by atoms with Gasteiger partial charge in [0.1, 0.15) is 11.3 Å². The van der Waals surface area contributed by atoms with Gasteiger partial charge in [-0.2, -0.15) is 30.1 Å². The highest BCUT2D eigenvalue weighted by Gasteiger charge is 2.34. The van der Waals surface area contributed by atoms with Crippen LogP contribution in [-0.4, -0.2) is 150 Å². The topological polar surface area (TPSA) is 205 Å². The normalized spacial score (nSPS) is 20.7. The lowest BCUT2D eigenvalue weighted by Crippen LogP contribution is -2.54. The molecule has 0 bridgehead atoms. The number of halogens is 2. The SMILES string of the molecule is CCOc1nc(Nc2cnn([C@@H]3CN(C4COC4)CCO3)c2Cl)nc2[nH]ccc12.CCOc1nc(Nc2cnn([C@H]3CN(C4COC4)CCO3)c2Cl)nc2[nH]ccc12. The molecule has 0 amide bonds. The number of hydrogen-bond acceptors (Lipinski definition) is 16. The van der Waals surface area contributed by atoms with E-state index < -0.39 is 0 Å². The van der Waals surface area contributed by atoms with Gasteiger partial charge in [-0.1, -0.05) is 23.2 Å². The number of H-pyrrole nitrogens is 2. The lowest BCUT2D eigenvalue weighted by atomic mass is 10.2. The van der Waals surface area contributed by atoms with Crippen molar-refractivity contribution in [1.29, 1.82) is 0 Å². The van der Waals surface area contributed by atoms with Gasteiger partial charge in [-0.15, -0.1) is 0 Å². The third-order valence-electron chi connectivity index (χ3n) is 10.3. The summed E-state index contributed by atoms with van der Waals surface area (Å²) in [7, 11) is 0. The van der Waals surface area contributed by atoms with Crippen LogP contribution >= 0.6 is 23.2 Å². The van der Waals surface area contributed by atoms with Crippen molar-refractivity contribution >= 4 is 68.5 Å². The highest BCUT2D eigenvalue weighted by Crippen LogP contribution is 2.33. The average Bonchev–Trinajstić information content (AvgIpc) is 4.00. The molecular weight excluding hydrogens is 795 g/mol. The van der Waals surface area contributed by atoms with Gasteiger partial charge < -0.3 is 49.0 Å². The molecule has 6 aromatic rings. The molecule has 4 N–H and O–H groups in total. The van der Waals surface area contributed by atoms with Gasteiger partial charge in [0, 0.05) is 38.6 Å². The summed E-state index contributed by atoms with van der Waals surface area (Å²) in [6, 6.07) is 4.67. The van der Waals surface area contributed by atoms with Gasteiger partial charge in [-0.25, -0.2) is 9.36 Å². The standard InChI is InChI=1S/2C18H22ClN7O3/c2*1-2-28-17-12-3-4-20-16(12)23-18(24-17)22-13-7-21-26(15(13)19)14-8-25(5-6-29-14)11-9-27-10-11/h2*3-4,7,11,14H,2,5-6,8-10H2,1H3,(H2,20,22,23,24)/t2*14-/m10/s1. The maximum absolute atomic E-state index is 6.60. The maximum atomic E-state index is 6.60. The molecule has 4 saturated heterocycles. The highest BCUT2D eigenvalue weighted by molar-refractivity contribution is 6.32. The van der Waals surface area contributed by atoms with Crippen molar-refractivity contribution in [2.24, 2.45) is 0 Å². The lowest BCUT2D eigenvalue weighted by molar-refractivity contribution is -0.134.